The molecule has 0 spiro atoms. The molecule has 2 rings (SSSR count). The van der Waals surface area contributed by atoms with Gasteiger partial charge in [-0.2, -0.15) is 0 Å². The number of benzene rings is 1. The lowest BCUT2D eigenvalue weighted by molar-refractivity contribution is 0.987. The number of nitrogen functional groups attached to an aromatic ring is 2. The second-order valence-corrected chi connectivity index (χ2v) is 4.61. The van der Waals surface area contributed by atoms with E-state index in [0.29, 0.717) is 16.8 Å². The number of anilines is 2. The largest absolute Gasteiger partial charge is 0.383 e. The molecule has 18 heavy (non-hydrogen) atoms. The van der Waals surface area contributed by atoms with E-state index in [9.17, 15) is 0 Å². The highest BCUT2D eigenvalue weighted by molar-refractivity contribution is 7.99. The number of thioether (sulfide) groups is 1. The Labute approximate surface area is 110 Å². The van der Waals surface area contributed by atoms with Crippen molar-refractivity contribution in [3.63, 3.8) is 0 Å². The number of nitrogens with zero attached hydrogens (tertiary/aromatic N) is 2. The summed E-state index contributed by atoms with van der Waals surface area (Å²) >= 11 is 1.50. The first-order chi connectivity index (χ1) is 8.74. The minimum absolute atomic E-state index is 0.400. The Hall–Kier alpha value is -2.01. The molecule has 1 aromatic heterocycles. The second kappa shape index (κ2) is 6.07. The quantitative estimate of drug-likeness (QED) is 0.650. The number of hydrogen-bond acceptors (Lipinski definition) is 5. The summed E-state index contributed by atoms with van der Waals surface area (Å²) in [5.41, 5.74) is 12.4. The predicted molar refractivity (Wildman–Crippen MR) is 77.1 cm³/mol. The van der Waals surface area contributed by atoms with Crippen LogP contribution in [0.4, 0.5) is 11.6 Å². The molecule has 0 aliphatic carbocycles. The third-order valence-electron chi connectivity index (χ3n) is 2.16. The smallest absolute Gasteiger partial charge is 0.191 e. The van der Waals surface area contributed by atoms with Crippen LogP contribution in [0, 0.1) is 0 Å². The fourth-order valence-corrected chi connectivity index (χ4v) is 2.08. The van der Waals surface area contributed by atoms with Crippen LogP contribution < -0.4 is 11.5 Å². The van der Waals surface area contributed by atoms with Crippen LogP contribution in [0.1, 0.15) is 5.56 Å². The molecule has 0 radical (unpaired) electrons. The Morgan fingerprint density at radius 3 is 2.39 bits per heavy atom. The van der Waals surface area contributed by atoms with Gasteiger partial charge < -0.3 is 11.5 Å². The molecule has 4 N–H and O–H groups in total. The number of aromatic nitrogens is 2. The monoisotopic (exact) mass is 258 g/mol. The first kappa shape index (κ1) is 12.4. The zero-order valence-electron chi connectivity index (χ0n) is 9.78. The Morgan fingerprint density at radius 2 is 1.72 bits per heavy atom. The van der Waals surface area contributed by atoms with Crippen molar-refractivity contribution >= 4 is 29.5 Å². The van der Waals surface area contributed by atoms with Gasteiger partial charge in [0.1, 0.15) is 11.6 Å². The summed E-state index contributed by atoms with van der Waals surface area (Å²) in [7, 11) is 0. The van der Waals surface area contributed by atoms with Gasteiger partial charge in [-0.25, -0.2) is 9.97 Å². The maximum atomic E-state index is 5.59. The zero-order chi connectivity index (χ0) is 12.8. The fraction of sp³-hybridized carbons (Fsp3) is 0.0769. The molecule has 2 aromatic rings. The minimum atomic E-state index is 0.400. The number of rotatable bonds is 4. The standard InChI is InChI=1S/C13H14N4S/c14-11-9-12(15)17-13(16-11)18-8-4-7-10-5-2-1-3-6-10/h1-7,9H,8H2,(H4,14,15,16,17)/b7-4-. The van der Waals surface area contributed by atoms with Gasteiger partial charge in [0.15, 0.2) is 5.16 Å². The van der Waals surface area contributed by atoms with Gasteiger partial charge >= 0.3 is 0 Å². The molecule has 0 unspecified atom stereocenters. The summed E-state index contributed by atoms with van der Waals surface area (Å²) < 4.78 is 0. The van der Waals surface area contributed by atoms with Crippen LogP contribution in [0.5, 0.6) is 0 Å². The van der Waals surface area contributed by atoms with E-state index in [4.69, 9.17) is 11.5 Å². The normalized spacial score (nSPS) is 10.9. The SMILES string of the molecule is Nc1cc(N)nc(SC/C=C\c2ccccc2)n1. The first-order valence-electron chi connectivity index (χ1n) is 5.48. The maximum absolute atomic E-state index is 5.59. The van der Waals surface area contributed by atoms with Gasteiger partial charge in [0.2, 0.25) is 0 Å². The van der Waals surface area contributed by atoms with E-state index >= 15 is 0 Å². The van der Waals surface area contributed by atoms with Crippen molar-refractivity contribution in [2.24, 2.45) is 0 Å². The Morgan fingerprint density at radius 1 is 1.06 bits per heavy atom. The van der Waals surface area contributed by atoms with Gasteiger partial charge in [0.25, 0.3) is 0 Å². The molecule has 0 amide bonds. The van der Waals surface area contributed by atoms with Crippen molar-refractivity contribution in [1.82, 2.24) is 9.97 Å². The molecule has 0 fully saturated rings. The van der Waals surface area contributed by atoms with Gasteiger partial charge in [-0.15, -0.1) is 0 Å². The van der Waals surface area contributed by atoms with Crippen molar-refractivity contribution in [2.75, 3.05) is 17.2 Å². The summed E-state index contributed by atoms with van der Waals surface area (Å²) in [6, 6.07) is 11.7. The topological polar surface area (TPSA) is 77.8 Å². The number of nitrogens with two attached hydrogens (primary N) is 2. The Bertz CT molecular complexity index is 520. The van der Waals surface area contributed by atoms with Crippen molar-refractivity contribution < 1.29 is 0 Å². The summed E-state index contributed by atoms with van der Waals surface area (Å²) in [6.45, 7) is 0. The first-order valence-corrected chi connectivity index (χ1v) is 6.47. The maximum Gasteiger partial charge on any atom is 0.191 e. The molecule has 1 heterocycles. The molecule has 0 aliphatic heterocycles. The van der Waals surface area contributed by atoms with Gasteiger partial charge in [0, 0.05) is 11.8 Å². The third kappa shape index (κ3) is 3.78. The van der Waals surface area contributed by atoms with Crippen LogP contribution in [0.2, 0.25) is 0 Å². The van der Waals surface area contributed by atoms with E-state index in [-0.39, 0.29) is 0 Å². The molecular formula is C13H14N4S. The molecular weight excluding hydrogens is 244 g/mol. The lowest BCUT2D eigenvalue weighted by atomic mass is 10.2. The molecule has 0 saturated heterocycles. The average Bonchev–Trinajstić information content (AvgIpc) is 2.35. The molecule has 0 saturated carbocycles. The van der Waals surface area contributed by atoms with Crippen LogP contribution in [0.15, 0.2) is 47.6 Å². The van der Waals surface area contributed by atoms with Crippen molar-refractivity contribution in [2.45, 2.75) is 5.16 Å². The molecule has 5 heteroatoms. The lowest BCUT2D eigenvalue weighted by Crippen LogP contribution is -1.99. The molecule has 0 aliphatic rings. The summed E-state index contributed by atoms with van der Waals surface area (Å²) in [5.74, 6) is 1.58. The van der Waals surface area contributed by atoms with E-state index in [1.54, 1.807) is 6.07 Å². The van der Waals surface area contributed by atoms with Crippen LogP contribution >= 0.6 is 11.8 Å². The lowest BCUT2D eigenvalue weighted by Gasteiger charge is -2.00. The van der Waals surface area contributed by atoms with Crippen LogP contribution in [0.25, 0.3) is 6.08 Å². The van der Waals surface area contributed by atoms with Gasteiger partial charge in [-0.3, -0.25) is 0 Å². The highest BCUT2D eigenvalue weighted by Gasteiger charge is 1.99. The van der Waals surface area contributed by atoms with E-state index in [1.807, 2.05) is 18.2 Å². The van der Waals surface area contributed by atoms with E-state index in [0.717, 1.165) is 5.75 Å². The second-order valence-electron chi connectivity index (χ2n) is 3.62. The van der Waals surface area contributed by atoms with Crippen LogP contribution in [-0.2, 0) is 0 Å². The predicted octanol–water partition coefficient (Wildman–Crippen LogP) is 2.45. The van der Waals surface area contributed by atoms with Crippen molar-refractivity contribution in [1.29, 1.82) is 0 Å². The summed E-state index contributed by atoms with van der Waals surface area (Å²) in [6.07, 6.45) is 4.12. The molecule has 4 nitrogen and oxygen atoms in total. The Balaban J connectivity index is 1.90. The van der Waals surface area contributed by atoms with Gasteiger partial charge in [-0.05, 0) is 5.56 Å². The highest BCUT2D eigenvalue weighted by Crippen LogP contribution is 2.16. The van der Waals surface area contributed by atoms with E-state index in [1.165, 1.54) is 17.3 Å². The summed E-state index contributed by atoms with van der Waals surface area (Å²) in [5, 5.41) is 0.602. The van der Waals surface area contributed by atoms with Gasteiger partial charge in [-0.1, -0.05) is 54.2 Å². The summed E-state index contributed by atoms with van der Waals surface area (Å²) in [4.78, 5) is 8.19. The molecule has 0 bridgehead atoms. The highest BCUT2D eigenvalue weighted by atomic mass is 32.2. The van der Waals surface area contributed by atoms with Crippen molar-refractivity contribution in [3.05, 3.63) is 48.0 Å². The van der Waals surface area contributed by atoms with E-state index < -0.39 is 0 Å². The molecule has 1 aromatic carbocycles. The molecule has 92 valence electrons. The minimum Gasteiger partial charge on any atom is -0.383 e. The van der Waals surface area contributed by atoms with Crippen LogP contribution in [-0.4, -0.2) is 15.7 Å². The zero-order valence-corrected chi connectivity index (χ0v) is 10.6. The van der Waals surface area contributed by atoms with Gasteiger partial charge in [0.05, 0.1) is 0 Å². The third-order valence-corrected chi connectivity index (χ3v) is 2.96. The Kier molecular flexibility index (Phi) is 4.20. The fourth-order valence-electron chi connectivity index (χ4n) is 1.40. The van der Waals surface area contributed by atoms with Crippen molar-refractivity contribution in [3.8, 4) is 0 Å². The molecule has 0 atom stereocenters. The van der Waals surface area contributed by atoms with Crippen LogP contribution in [0.3, 0.4) is 0 Å². The van der Waals surface area contributed by atoms with E-state index in [2.05, 4.69) is 34.3 Å². The average molecular weight is 258 g/mol. The number of hydrogen-bond donors (Lipinski definition) is 2.